The van der Waals surface area contributed by atoms with Gasteiger partial charge in [0.1, 0.15) is 5.82 Å². The molecule has 2 aromatic rings. The molecule has 1 fully saturated rings. The number of rotatable bonds is 4. The third-order valence-corrected chi connectivity index (χ3v) is 4.04. The van der Waals surface area contributed by atoms with Crippen LogP contribution in [0.15, 0.2) is 42.5 Å². The zero-order valence-corrected chi connectivity index (χ0v) is 12.6. The molecule has 1 saturated carbocycles. The second-order valence-corrected chi connectivity index (χ2v) is 5.83. The maximum Gasteiger partial charge on any atom is 0.254 e. The lowest BCUT2D eigenvalue weighted by molar-refractivity contribution is 0.0727. The first-order valence-electron chi connectivity index (χ1n) is 7.47. The van der Waals surface area contributed by atoms with Gasteiger partial charge in [0, 0.05) is 29.4 Å². The van der Waals surface area contributed by atoms with Crippen LogP contribution in [-0.2, 0) is 6.54 Å². The molecular formula is C18H19FN2O. The SMILES string of the molecule is Cc1ccc(N)cc1C(=O)N(Cc1ccccc1F)C1CC1. The number of hydrogen-bond donors (Lipinski definition) is 1. The van der Waals surface area contributed by atoms with Gasteiger partial charge < -0.3 is 10.6 Å². The van der Waals surface area contributed by atoms with Crippen LogP contribution >= 0.6 is 0 Å². The van der Waals surface area contributed by atoms with Crippen molar-refractivity contribution in [1.82, 2.24) is 4.90 Å². The van der Waals surface area contributed by atoms with Crippen LogP contribution in [0.3, 0.4) is 0 Å². The van der Waals surface area contributed by atoms with Crippen LogP contribution in [0.25, 0.3) is 0 Å². The molecule has 0 saturated heterocycles. The molecule has 114 valence electrons. The van der Waals surface area contributed by atoms with Crippen molar-refractivity contribution in [2.75, 3.05) is 5.73 Å². The maximum atomic E-state index is 13.9. The highest BCUT2D eigenvalue weighted by molar-refractivity contribution is 5.96. The average Bonchev–Trinajstić information content (AvgIpc) is 3.33. The summed E-state index contributed by atoms with van der Waals surface area (Å²) in [6, 6.07) is 12.1. The van der Waals surface area contributed by atoms with Crippen LogP contribution < -0.4 is 5.73 Å². The fourth-order valence-corrected chi connectivity index (χ4v) is 2.59. The fraction of sp³-hybridized carbons (Fsp3) is 0.278. The summed E-state index contributed by atoms with van der Waals surface area (Å²) >= 11 is 0. The molecule has 1 aliphatic rings. The number of halogens is 1. The monoisotopic (exact) mass is 298 g/mol. The van der Waals surface area contributed by atoms with Gasteiger partial charge in [0.25, 0.3) is 5.91 Å². The van der Waals surface area contributed by atoms with Crippen molar-refractivity contribution in [3.05, 3.63) is 65.0 Å². The lowest BCUT2D eigenvalue weighted by atomic mass is 10.1. The Bertz CT molecular complexity index is 710. The van der Waals surface area contributed by atoms with Crippen molar-refractivity contribution in [3.8, 4) is 0 Å². The van der Waals surface area contributed by atoms with E-state index < -0.39 is 0 Å². The second kappa shape index (κ2) is 5.79. The van der Waals surface area contributed by atoms with Crippen LogP contribution in [0.4, 0.5) is 10.1 Å². The summed E-state index contributed by atoms with van der Waals surface area (Å²) in [4.78, 5) is 14.6. The molecule has 0 unspecified atom stereocenters. The molecule has 2 aromatic carbocycles. The minimum absolute atomic E-state index is 0.0736. The van der Waals surface area contributed by atoms with Gasteiger partial charge in [0.2, 0.25) is 0 Å². The highest BCUT2D eigenvalue weighted by atomic mass is 19.1. The minimum Gasteiger partial charge on any atom is -0.399 e. The summed E-state index contributed by atoms with van der Waals surface area (Å²) in [5.74, 6) is -0.346. The van der Waals surface area contributed by atoms with Gasteiger partial charge >= 0.3 is 0 Å². The molecule has 0 aliphatic heterocycles. The smallest absolute Gasteiger partial charge is 0.254 e. The minimum atomic E-state index is -0.273. The lowest BCUT2D eigenvalue weighted by Crippen LogP contribution is -2.33. The largest absolute Gasteiger partial charge is 0.399 e. The van der Waals surface area contributed by atoms with E-state index in [0.717, 1.165) is 18.4 Å². The predicted molar refractivity (Wildman–Crippen MR) is 84.9 cm³/mol. The highest BCUT2D eigenvalue weighted by Crippen LogP contribution is 2.31. The van der Waals surface area contributed by atoms with Gasteiger partial charge in [0.15, 0.2) is 0 Å². The Morgan fingerprint density at radius 1 is 1.27 bits per heavy atom. The van der Waals surface area contributed by atoms with Gasteiger partial charge in [-0.15, -0.1) is 0 Å². The number of nitrogens with two attached hydrogens (primary N) is 1. The summed E-state index contributed by atoms with van der Waals surface area (Å²) in [6.07, 6.45) is 1.95. The molecule has 0 radical (unpaired) electrons. The Morgan fingerprint density at radius 2 is 2.00 bits per heavy atom. The molecule has 0 spiro atoms. The summed E-state index contributed by atoms with van der Waals surface area (Å²) in [7, 11) is 0. The maximum absolute atomic E-state index is 13.9. The quantitative estimate of drug-likeness (QED) is 0.878. The number of anilines is 1. The van der Waals surface area contributed by atoms with E-state index >= 15 is 0 Å². The van der Waals surface area contributed by atoms with Gasteiger partial charge in [-0.05, 0) is 43.5 Å². The Hall–Kier alpha value is -2.36. The van der Waals surface area contributed by atoms with Crippen LogP contribution in [-0.4, -0.2) is 16.8 Å². The van der Waals surface area contributed by atoms with Gasteiger partial charge in [-0.3, -0.25) is 4.79 Å². The van der Waals surface area contributed by atoms with E-state index in [1.165, 1.54) is 6.07 Å². The van der Waals surface area contributed by atoms with Crippen molar-refractivity contribution in [2.45, 2.75) is 32.4 Å². The first kappa shape index (κ1) is 14.6. The van der Waals surface area contributed by atoms with E-state index in [4.69, 9.17) is 5.73 Å². The van der Waals surface area contributed by atoms with Crippen LogP contribution in [0.5, 0.6) is 0 Å². The number of carbonyl (C=O) groups excluding carboxylic acids is 1. The molecule has 1 amide bonds. The molecular weight excluding hydrogens is 279 g/mol. The van der Waals surface area contributed by atoms with Crippen molar-refractivity contribution in [1.29, 1.82) is 0 Å². The van der Waals surface area contributed by atoms with Crippen molar-refractivity contribution in [3.63, 3.8) is 0 Å². The van der Waals surface area contributed by atoms with E-state index in [-0.39, 0.29) is 17.8 Å². The second-order valence-electron chi connectivity index (χ2n) is 5.83. The van der Waals surface area contributed by atoms with Gasteiger partial charge in [-0.25, -0.2) is 4.39 Å². The third kappa shape index (κ3) is 2.96. The van der Waals surface area contributed by atoms with Crippen molar-refractivity contribution in [2.24, 2.45) is 0 Å². The number of carbonyl (C=O) groups is 1. The molecule has 3 rings (SSSR count). The Balaban J connectivity index is 1.90. The molecule has 3 nitrogen and oxygen atoms in total. The van der Waals surface area contributed by atoms with Crippen molar-refractivity contribution < 1.29 is 9.18 Å². The zero-order chi connectivity index (χ0) is 15.7. The summed E-state index contributed by atoms with van der Waals surface area (Å²) in [6.45, 7) is 2.19. The first-order valence-corrected chi connectivity index (χ1v) is 7.47. The number of nitrogen functional groups attached to an aromatic ring is 1. The molecule has 1 aliphatic carbocycles. The van der Waals surface area contributed by atoms with E-state index in [0.29, 0.717) is 23.4 Å². The Morgan fingerprint density at radius 3 is 2.68 bits per heavy atom. The molecule has 2 N–H and O–H groups in total. The lowest BCUT2D eigenvalue weighted by Gasteiger charge is -2.24. The molecule has 0 bridgehead atoms. The number of nitrogens with zero attached hydrogens (tertiary/aromatic N) is 1. The number of amides is 1. The Labute approximate surface area is 129 Å². The molecule has 0 heterocycles. The van der Waals surface area contributed by atoms with Gasteiger partial charge in [-0.2, -0.15) is 0 Å². The normalized spacial score (nSPS) is 13.9. The average molecular weight is 298 g/mol. The first-order chi connectivity index (χ1) is 10.6. The van der Waals surface area contributed by atoms with Crippen LogP contribution in [0.1, 0.15) is 34.3 Å². The summed E-state index contributed by atoms with van der Waals surface area (Å²) in [5, 5.41) is 0. The third-order valence-electron chi connectivity index (χ3n) is 4.04. The summed E-state index contributed by atoms with van der Waals surface area (Å²) in [5.41, 5.74) is 8.40. The molecule has 0 aromatic heterocycles. The zero-order valence-electron chi connectivity index (χ0n) is 12.6. The Kier molecular flexibility index (Phi) is 3.84. The summed E-state index contributed by atoms with van der Waals surface area (Å²) < 4.78 is 13.9. The van der Waals surface area contributed by atoms with E-state index in [2.05, 4.69) is 0 Å². The van der Waals surface area contributed by atoms with E-state index in [9.17, 15) is 9.18 Å². The van der Waals surface area contributed by atoms with Crippen LogP contribution in [0, 0.1) is 12.7 Å². The van der Waals surface area contributed by atoms with Crippen molar-refractivity contribution >= 4 is 11.6 Å². The topological polar surface area (TPSA) is 46.3 Å². The molecule has 4 heteroatoms. The van der Waals surface area contributed by atoms with Gasteiger partial charge in [-0.1, -0.05) is 24.3 Å². The standard InChI is InChI=1S/C18H19FN2O/c1-12-6-7-14(20)10-16(12)18(22)21(15-8-9-15)11-13-4-2-3-5-17(13)19/h2-7,10,15H,8-9,11,20H2,1H3. The molecule has 0 atom stereocenters. The van der Waals surface area contributed by atoms with E-state index in [1.807, 2.05) is 13.0 Å². The highest BCUT2D eigenvalue weighted by Gasteiger charge is 2.34. The number of benzene rings is 2. The van der Waals surface area contributed by atoms with Gasteiger partial charge in [0.05, 0.1) is 0 Å². The van der Waals surface area contributed by atoms with E-state index in [1.54, 1.807) is 35.2 Å². The predicted octanol–water partition coefficient (Wildman–Crippen LogP) is 3.52. The fourth-order valence-electron chi connectivity index (χ4n) is 2.59. The van der Waals surface area contributed by atoms with Crippen LogP contribution in [0.2, 0.25) is 0 Å². The molecule has 22 heavy (non-hydrogen) atoms. The number of hydrogen-bond acceptors (Lipinski definition) is 2. The number of aryl methyl sites for hydroxylation is 1.